The minimum atomic E-state index is 0. The summed E-state index contributed by atoms with van der Waals surface area (Å²) in [5, 5.41) is 4.51. The van der Waals surface area contributed by atoms with E-state index in [1.165, 1.54) is 11.3 Å². The van der Waals surface area contributed by atoms with Crippen LogP contribution in [0.4, 0.5) is 5.69 Å². The number of rotatable bonds is 4. The van der Waals surface area contributed by atoms with E-state index in [2.05, 4.69) is 70.0 Å². The fraction of sp³-hybridized carbons (Fsp3) is 0.222. The highest BCUT2D eigenvalue weighted by Gasteiger charge is 2.15. The molecule has 0 bridgehead atoms. The Balaban J connectivity index is 0.00000192. The van der Waals surface area contributed by atoms with Crippen molar-refractivity contribution in [1.29, 1.82) is 0 Å². The quantitative estimate of drug-likeness (QED) is 0.608. The third kappa shape index (κ3) is 3.71. The maximum Gasteiger partial charge on any atom is 0.270 e. The Bertz CT molecular complexity index is 748. The molecule has 0 spiro atoms. The molecule has 0 radical (unpaired) electrons. The molecule has 0 fully saturated rings. The number of hydrogen-bond acceptors (Lipinski definition) is 2. The lowest BCUT2D eigenvalue weighted by molar-refractivity contribution is -0.603. The Kier molecular flexibility index (Phi) is 5.40. The van der Waals surface area contributed by atoms with E-state index in [-0.39, 0.29) is 12.4 Å². The third-order valence-corrected chi connectivity index (χ3v) is 3.85. The van der Waals surface area contributed by atoms with E-state index in [9.17, 15) is 0 Å². The fourth-order valence-electron chi connectivity index (χ4n) is 2.48. The molecule has 3 aromatic rings. The molecule has 1 heterocycles. The summed E-state index contributed by atoms with van der Waals surface area (Å²) in [5.41, 5.74) is 3.57. The van der Waals surface area contributed by atoms with Gasteiger partial charge in [-0.25, -0.2) is 4.57 Å². The van der Waals surface area contributed by atoms with Gasteiger partial charge < -0.3 is 17.3 Å². The molecule has 0 aliphatic rings. The molecule has 0 aliphatic carbocycles. The first kappa shape index (κ1) is 17.0. The first-order valence-corrected chi connectivity index (χ1v) is 7.41. The van der Waals surface area contributed by atoms with E-state index >= 15 is 0 Å². The first-order valence-electron chi connectivity index (χ1n) is 7.41. The number of aromatic nitrogens is 3. The number of benzene rings is 2. The van der Waals surface area contributed by atoms with Crippen LogP contribution in [-0.2, 0) is 6.54 Å². The fourth-order valence-corrected chi connectivity index (χ4v) is 2.48. The summed E-state index contributed by atoms with van der Waals surface area (Å²) in [6, 6.07) is 18.9. The van der Waals surface area contributed by atoms with Gasteiger partial charge in [-0.05, 0) is 29.8 Å². The zero-order valence-electron chi connectivity index (χ0n) is 13.6. The van der Waals surface area contributed by atoms with Crippen molar-refractivity contribution in [3.63, 3.8) is 0 Å². The lowest BCUT2D eigenvalue weighted by atomic mass is 10.2. The van der Waals surface area contributed by atoms with Gasteiger partial charge in [0.2, 0.25) is 5.82 Å². The van der Waals surface area contributed by atoms with E-state index in [4.69, 9.17) is 0 Å². The standard InChI is InChI=1S/C18H21N4.ClH/c1-15-21(18-11-9-17(10-12-18)20(2)3)14-19-22(15)13-16-7-5-4-6-8-16;/h4-12,14H,13H2,1-3H3;1H/q+1;/p-1. The lowest BCUT2D eigenvalue weighted by Gasteiger charge is -2.12. The topological polar surface area (TPSA) is 24.9 Å². The van der Waals surface area contributed by atoms with Crippen LogP contribution in [0.1, 0.15) is 11.4 Å². The average Bonchev–Trinajstić information content (AvgIpc) is 2.89. The molecule has 0 amide bonds. The highest BCUT2D eigenvalue weighted by Crippen LogP contribution is 2.12. The maximum absolute atomic E-state index is 4.51. The van der Waals surface area contributed by atoms with Crippen LogP contribution in [0, 0.1) is 6.92 Å². The molecule has 0 atom stereocenters. The van der Waals surface area contributed by atoms with E-state index in [0.717, 1.165) is 18.1 Å². The van der Waals surface area contributed by atoms with Crippen molar-refractivity contribution in [2.45, 2.75) is 13.5 Å². The summed E-state index contributed by atoms with van der Waals surface area (Å²) in [4.78, 5) is 2.10. The molecule has 23 heavy (non-hydrogen) atoms. The maximum atomic E-state index is 4.51. The molecule has 0 unspecified atom stereocenters. The summed E-state index contributed by atoms with van der Waals surface area (Å²) >= 11 is 0. The molecule has 0 saturated carbocycles. The molecule has 1 aromatic heterocycles. The van der Waals surface area contributed by atoms with Crippen molar-refractivity contribution < 1.29 is 17.0 Å². The Morgan fingerprint density at radius 3 is 2.26 bits per heavy atom. The summed E-state index contributed by atoms with van der Waals surface area (Å²) < 4.78 is 4.14. The van der Waals surface area contributed by atoms with Crippen LogP contribution in [0.3, 0.4) is 0 Å². The van der Waals surface area contributed by atoms with Gasteiger partial charge >= 0.3 is 0 Å². The molecule has 0 saturated heterocycles. The summed E-state index contributed by atoms with van der Waals surface area (Å²) in [6.07, 6.45) is 1.88. The van der Waals surface area contributed by atoms with Crippen LogP contribution in [0.2, 0.25) is 0 Å². The smallest absolute Gasteiger partial charge is 0.270 e. The Morgan fingerprint density at radius 2 is 1.65 bits per heavy atom. The monoisotopic (exact) mass is 328 g/mol. The van der Waals surface area contributed by atoms with Gasteiger partial charge in [-0.15, -0.1) is 4.68 Å². The molecule has 120 valence electrons. The number of nitrogens with zero attached hydrogens (tertiary/aromatic N) is 4. The highest BCUT2D eigenvalue weighted by atomic mass is 35.5. The molecule has 3 rings (SSSR count). The predicted octanol–water partition coefficient (Wildman–Crippen LogP) is -0.413. The van der Waals surface area contributed by atoms with Gasteiger partial charge in [-0.2, -0.15) is 0 Å². The Labute approximate surface area is 143 Å². The Hall–Kier alpha value is -2.33. The highest BCUT2D eigenvalue weighted by molar-refractivity contribution is 5.47. The van der Waals surface area contributed by atoms with Gasteiger partial charge in [0.25, 0.3) is 6.33 Å². The molecule has 5 heteroatoms. The van der Waals surface area contributed by atoms with Crippen molar-refractivity contribution in [1.82, 2.24) is 9.78 Å². The van der Waals surface area contributed by atoms with Crippen molar-refractivity contribution in [2.75, 3.05) is 19.0 Å². The normalized spacial score (nSPS) is 10.2. The van der Waals surface area contributed by atoms with Crippen LogP contribution in [-0.4, -0.2) is 23.9 Å². The van der Waals surface area contributed by atoms with Gasteiger partial charge in [0.1, 0.15) is 12.2 Å². The average molecular weight is 329 g/mol. The first-order chi connectivity index (χ1) is 10.6. The van der Waals surface area contributed by atoms with Gasteiger partial charge in [-0.1, -0.05) is 30.3 Å². The zero-order valence-corrected chi connectivity index (χ0v) is 14.4. The molecule has 0 aliphatic heterocycles. The van der Waals surface area contributed by atoms with Crippen LogP contribution in [0.15, 0.2) is 60.9 Å². The molecule has 4 nitrogen and oxygen atoms in total. The minimum Gasteiger partial charge on any atom is -1.00 e. The molecule has 2 aromatic carbocycles. The zero-order chi connectivity index (χ0) is 15.5. The van der Waals surface area contributed by atoms with E-state index in [0.29, 0.717) is 0 Å². The second-order valence-electron chi connectivity index (χ2n) is 5.60. The van der Waals surface area contributed by atoms with Gasteiger partial charge in [0.05, 0.1) is 0 Å². The predicted molar refractivity (Wildman–Crippen MR) is 88.4 cm³/mol. The minimum absolute atomic E-state index is 0. The van der Waals surface area contributed by atoms with E-state index in [1.54, 1.807) is 0 Å². The summed E-state index contributed by atoms with van der Waals surface area (Å²) in [7, 11) is 4.09. The van der Waals surface area contributed by atoms with Crippen molar-refractivity contribution >= 4 is 5.69 Å². The lowest BCUT2D eigenvalue weighted by Crippen LogP contribution is -3.00. The van der Waals surface area contributed by atoms with Crippen LogP contribution in [0.5, 0.6) is 0 Å². The van der Waals surface area contributed by atoms with Crippen molar-refractivity contribution in [2.24, 2.45) is 0 Å². The van der Waals surface area contributed by atoms with Gasteiger partial charge in [0.15, 0.2) is 0 Å². The van der Waals surface area contributed by atoms with Crippen molar-refractivity contribution in [3.8, 4) is 5.69 Å². The molecular formula is C18H21ClN4. The summed E-state index contributed by atoms with van der Waals surface area (Å²) in [5.74, 6) is 1.11. The third-order valence-electron chi connectivity index (χ3n) is 3.85. The van der Waals surface area contributed by atoms with Gasteiger partial charge in [0, 0.05) is 31.8 Å². The largest absolute Gasteiger partial charge is 1.00 e. The number of halogens is 1. The Morgan fingerprint density at radius 1 is 1.00 bits per heavy atom. The second kappa shape index (κ2) is 7.29. The molecule has 0 N–H and O–H groups in total. The summed E-state index contributed by atoms with van der Waals surface area (Å²) in [6.45, 7) is 2.88. The molecular weight excluding hydrogens is 308 g/mol. The number of anilines is 1. The van der Waals surface area contributed by atoms with Gasteiger partial charge in [-0.3, -0.25) is 0 Å². The second-order valence-corrected chi connectivity index (χ2v) is 5.60. The van der Waals surface area contributed by atoms with Crippen LogP contribution >= 0.6 is 0 Å². The van der Waals surface area contributed by atoms with Crippen LogP contribution in [0.25, 0.3) is 5.69 Å². The van der Waals surface area contributed by atoms with Crippen molar-refractivity contribution in [3.05, 3.63) is 72.3 Å². The SMILES string of the molecule is Cc1n(Cc2ccccc2)nc[n+]1-c1ccc(N(C)C)cc1.[Cl-]. The van der Waals surface area contributed by atoms with E-state index in [1.807, 2.05) is 31.2 Å². The number of hydrogen-bond donors (Lipinski definition) is 0. The van der Waals surface area contributed by atoms with E-state index < -0.39 is 0 Å². The van der Waals surface area contributed by atoms with Crippen LogP contribution < -0.4 is 21.9 Å².